The van der Waals surface area contributed by atoms with Crippen LogP contribution >= 0.6 is 0 Å². The second-order valence-electron chi connectivity index (χ2n) is 3.56. The van der Waals surface area contributed by atoms with Crippen molar-refractivity contribution in [2.45, 2.75) is 6.54 Å². The van der Waals surface area contributed by atoms with Crippen molar-refractivity contribution in [1.82, 2.24) is 0 Å². The van der Waals surface area contributed by atoms with Crippen LogP contribution in [0.3, 0.4) is 0 Å². The number of nitrogens with two attached hydrogens (primary N) is 1. The topological polar surface area (TPSA) is 30.4 Å². The van der Waals surface area contributed by atoms with Crippen LogP contribution in [-0.4, -0.2) is 0 Å². The van der Waals surface area contributed by atoms with Crippen molar-refractivity contribution in [3.63, 3.8) is 0 Å². The Kier molecular flexibility index (Phi) is 3.00. The van der Waals surface area contributed by atoms with E-state index in [1.807, 2.05) is 36.4 Å². The summed E-state index contributed by atoms with van der Waals surface area (Å²) in [5, 5.41) is 0. The van der Waals surface area contributed by atoms with Crippen molar-refractivity contribution < 1.29 is 0 Å². The molecule has 2 aromatic rings. The predicted molar refractivity (Wildman–Crippen MR) is 66.0 cm³/mol. The second-order valence-corrected chi connectivity index (χ2v) is 3.56. The fourth-order valence-electron chi connectivity index (χ4n) is 1.56. The standard InChI is InChI=1S/C14H12N2/c1-16-14-8-6-13(7-9-14)12-4-2-11(10-15)3-5-12/h2-9H,10,15H2. The highest BCUT2D eigenvalue weighted by Crippen LogP contribution is 2.22. The average molecular weight is 208 g/mol. The summed E-state index contributed by atoms with van der Waals surface area (Å²) in [4.78, 5) is 3.37. The van der Waals surface area contributed by atoms with Crippen molar-refractivity contribution >= 4 is 5.69 Å². The van der Waals surface area contributed by atoms with Crippen molar-refractivity contribution in [3.05, 3.63) is 65.5 Å². The summed E-state index contributed by atoms with van der Waals surface area (Å²) in [6, 6.07) is 15.7. The van der Waals surface area contributed by atoms with Crippen molar-refractivity contribution in [2.75, 3.05) is 0 Å². The fraction of sp³-hybridized carbons (Fsp3) is 0.0714. The molecule has 0 aliphatic rings. The van der Waals surface area contributed by atoms with Crippen LogP contribution in [0.25, 0.3) is 16.0 Å². The maximum Gasteiger partial charge on any atom is 0.187 e. The smallest absolute Gasteiger partial charge is 0.187 e. The molecule has 0 fully saturated rings. The van der Waals surface area contributed by atoms with Gasteiger partial charge >= 0.3 is 0 Å². The molecule has 2 nitrogen and oxygen atoms in total. The third-order valence-electron chi connectivity index (χ3n) is 2.52. The van der Waals surface area contributed by atoms with E-state index in [1.54, 1.807) is 0 Å². The molecule has 0 radical (unpaired) electrons. The lowest BCUT2D eigenvalue weighted by Crippen LogP contribution is -1.95. The van der Waals surface area contributed by atoms with E-state index in [0.29, 0.717) is 12.2 Å². The SMILES string of the molecule is [C-]#[N+]c1ccc(-c2ccc(CN)cc2)cc1. The van der Waals surface area contributed by atoms with Crippen molar-refractivity contribution in [1.29, 1.82) is 0 Å². The Hall–Kier alpha value is -2.11. The molecular weight excluding hydrogens is 196 g/mol. The van der Waals surface area contributed by atoms with Gasteiger partial charge in [-0.1, -0.05) is 48.5 Å². The van der Waals surface area contributed by atoms with Gasteiger partial charge in [0.15, 0.2) is 5.69 Å². The number of hydrogen-bond donors (Lipinski definition) is 1. The Morgan fingerprint density at radius 3 is 1.81 bits per heavy atom. The molecule has 0 aliphatic carbocycles. The van der Waals surface area contributed by atoms with Gasteiger partial charge < -0.3 is 5.73 Å². The zero-order valence-corrected chi connectivity index (χ0v) is 8.85. The number of nitrogens with zero attached hydrogens (tertiary/aromatic N) is 1. The first-order valence-electron chi connectivity index (χ1n) is 5.10. The van der Waals surface area contributed by atoms with Crippen LogP contribution in [0, 0.1) is 6.57 Å². The fourth-order valence-corrected chi connectivity index (χ4v) is 1.56. The monoisotopic (exact) mass is 208 g/mol. The molecule has 0 amide bonds. The number of benzene rings is 2. The normalized spacial score (nSPS) is 9.75. The lowest BCUT2D eigenvalue weighted by molar-refractivity contribution is 1.07. The molecule has 0 aliphatic heterocycles. The summed E-state index contributed by atoms with van der Waals surface area (Å²) in [6.07, 6.45) is 0. The highest BCUT2D eigenvalue weighted by Gasteiger charge is 1.97. The molecule has 2 rings (SSSR count). The number of rotatable bonds is 2. The Balaban J connectivity index is 2.32. The van der Waals surface area contributed by atoms with Gasteiger partial charge in [0.1, 0.15) is 0 Å². The lowest BCUT2D eigenvalue weighted by atomic mass is 10.0. The van der Waals surface area contributed by atoms with Crippen molar-refractivity contribution in [3.8, 4) is 11.1 Å². The van der Waals surface area contributed by atoms with E-state index >= 15 is 0 Å². The van der Waals surface area contributed by atoms with Gasteiger partial charge in [-0.15, -0.1) is 0 Å². The quantitative estimate of drug-likeness (QED) is 0.753. The molecule has 2 aromatic carbocycles. The number of hydrogen-bond acceptors (Lipinski definition) is 1. The molecule has 0 heterocycles. The van der Waals surface area contributed by atoms with Gasteiger partial charge in [-0.05, 0) is 16.7 Å². The van der Waals surface area contributed by atoms with Gasteiger partial charge in [0.2, 0.25) is 0 Å². The minimum Gasteiger partial charge on any atom is -0.326 e. The Labute approximate surface area is 95.2 Å². The van der Waals surface area contributed by atoms with Gasteiger partial charge in [-0.3, -0.25) is 0 Å². The third-order valence-corrected chi connectivity index (χ3v) is 2.52. The van der Waals surface area contributed by atoms with E-state index in [2.05, 4.69) is 17.0 Å². The lowest BCUT2D eigenvalue weighted by Gasteiger charge is -2.03. The highest BCUT2D eigenvalue weighted by molar-refractivity contribution is 5.66. The molecule has 0 aromatic heterocycles. The molecule has 0 saturated carbocycles. The van der Waals surface area contributed by atoms with Crippen LogP contribution < -0.4 is 5.73 Å². The molecule has 0 bridgehead atoms. The summed E-state index contributed by atoms with van der Waals surface area (Å²) in [6.45, 7) is 7.45. The molecule has 78 valence electrons. The molecule has 0 spiro atoms. The van der Waals surface area contributed by atoms with Gasteiger partial charge in [0.05, 0.1) is 6.57 Å². The molecule has 2 heteroatoms. The van der Waals surface area contributed by atoms with E-state index in [-0.39, 0.29) is 0 Å². The first kappa shape index (κ1) is 10.4. The summed E-state index contributed by atoms with van der Waals surface area (Å²) < 4.78 is 0. The first-order chi connectivity index (χ1) is 7.83. The van der Waals surface area contributed by atoms with Crippen LogP contribution in [0.15, 0.2) is 48.5 Å². The minimum atomic E-state index is 0.566. The highest BCUT2D eigenvalue weighted by atomic mass is 14.6. The molecule has 0 atom stereocenters. The van der Waals surface area contributed by atoms with E-state index in [4.69, 9.17) is 12.3 Å². The Bertz CT molecular complexity index is 504. The Morgan fingerprint density at radius 2 is 1.38 bits per heavy atom. The van der Waals surface area contributed by atoms with Crippen LogP contribution in [0.2, 0.25) is 0 Å². The van der Waals surface area contributed by atoms with Gasteiger partial charge in [0, 0.05) is 6.54 Å². The van der Waals surface area contributed by atoms with Gasteiger partial charge in [-0.2, -0.15) is 0 Å². The third kappa shape index (κ3) is 2.10. The maximum absolute atomic E-state index is 6.88. The largest absolute Gasteiger partial charge is 0.326 e. The predicted octanol–water partition coefficient (Wildman–Crippen LogP) is 3.36. The van der Waals surface area contributed by atoms with Gasteiger partial charge in [0.25, 0.3) is 0 Å². The summed E-state index contributed by atoms with van der Waals surface area (Å²) in [5.41, 5.74) is 9.61. The molecule has 0 saturated heterocycles. The molecular formula is C14H12N2. The summed E-state index contributed by atoms with van der Waals surface area (Å²) in [7, 11) is 0. The summed E-state index contributed by atoms with van der Waals surface area (Å²) >= 11 is 0. The van der Waals surface area contributed by atoms with Gasteiger partial charge in [-0.25, -0.2) is 4.85 Å². The van der Waals surface area contributed by atoms with Crippen LogP contribution in [-0.2, 0) is 6.54 Å². The molecule has 2 N–H and O–H groups in total. The zero-order valence-electron chi connectivity index (χ0n) is 8.85. The van der Waals surface area contributed by atoms with E-state index in [9.17, 15) is 0 Å². The van der Waals surface area contributed by atoms with Crippen LogP contribution in [0.4, 0.5) is 5.69 Å². The molecule has 0 unspecified atom stereocenters. The minimum absolute atomic E-state index is 0.566. The first-order valence-corrected chi connectivity index (χ1v) is 5.10. The van der Waals surface area contributed by atoms with Crippen molar-refractivity contribution in [2.24, 2.45) is 5.73 Å². The maximum atomic E-state index is 6.88. The van der Waals surface area contributed by atoms with E-state index in [1.165, 1.54) is 0 Å². The average Bonchev–Trinajstić information content (AvgIpc) is 2.39. The van der Waals surface area contributed by atoms with E-state index in [0.717, 1.165) is 16.7 Å². The second kappa shape index (κ2) is 4.61. The van der Waals surface area contributed by atoms with Crippen LogP contribution in [0.1, 0.15) is 5.56 Å². The zero-order chi connectivity index (χ0) is 11.4. The summed E-state index contributed by atoms with van der Waals surface area (Å²) in [5.74, 6) is 0. The van der Waals surface area contributed by atoms with E-state index < -0.39 is 0 Å². The Morgan fingerprint density at radius 1 is 0.875 bits per heavy atom. The molecule has 16 heavy (non-hydrogen) atoms. The van der Waals surface area contributed by atoms with Crippen LogP contribution in [0.5, 0.6) is 0 Å².